The van der Waals surface area contributed by atoms with Crippen molar-refractivity contribution in [1.29, 1.82) is 0 Å². The molecule has 0 unspecified atom stereocenters. The maximum absolute atomic E-state index is 10.5. The molecule has 0 rings (SSSR count). The molecule has 0 saturated heterocycles. The largest absolute Gasteiger partial charge is 1.00 e. The monoisotopic (exact) mass is 251 g/mol. The zero-order valence-corrected chi connectivity index (χ0v) is 11.5. The zero-order valence-electron chi connectivity index (χ0n) is 11.5. The van der Waals surface area contributed by atoms with Gasteiger partial charge >= 0.3 is 24.8 Å². The molecule has 0 radical (unpaired) electrons. The van der Waals surface area contributed by atoms with Crippen LogP contribution in [0.5, 0.6) is 0 Å². The first-order valence-corrected chi connectivity index (χ1v) is 6.20. The van der Waals surface area contributed by atoms with Gasteiger partial charge in [0, 0.05) is 6.54 Å². The zero-order chi connectivity index (χ0) is 13.1. The van der Waals surface area contributed by atoms with E-state index in [9.17, 15) is 14.7 Å². The second-order valence-electron chi connectivity index (χ2n) is 4.24. The number of nitrogens with zero attached hydrogens (tertiary/aromatic N) is 1. The predicted molar refractivity (Wildman–Crippen MR) is 62.5 cm³/mol. The van der Waals surface area contributed by atoms with Gasteiger partial charge in [0.2, 0.25) is 0 Å². The first kappa shape index (κ1) is 19.8. The molecule has 0 aliphatic heterocycles. The molecule has 100 valence electrons. The molecule has 1 N–H and O–H groups in total. The molecule has 0 atom stereocenters. The molecular weight excluding hydrogens is 229 g/mol. The van der Waals surface area contributed by atoms with E-state index in [0.29, 0.717) is 6.54 Å². The quantitative estimate of drug-likeness (QED) is 0.324. The van der Waals surface area contributed by atoms with Crippen molar-refractivity contribution in [3.05, 3.63) is 0 Å². The number of carboxylic acid groups (broad SMARTS) is 2. The molecule has 0 aromatic rings. The molecule has 0 aromatic heterocycles. The van der Waals surface area contributed by atoms with Crippen molar-refractivity contribution >= 4 is 11.9 Å². The Morgan fingerprint density at radius 1 is 1.06 bits per heavy atom. The Kier molecular flexibility index (Phi) is 14.3. The van der Waals surface area contributed by atoms with Gasteiger partial charge in [0.1, 0.15) is 0 Å². The number of unbranched alkanes of at least 4 members (excludes halogenated alkanes) is 5. The van der Waals surface area contributed by atoms with Crippen LogP contribution >= 0.6 is 0 Å². The van der Waals surface area contributed by atoms with Gasteiger partial charge in [-0.15, -0.1) is 0 Å². The molecule has 0 fully saturated rings. The van der Waals surface area contributed by atoms with Crippen molar-refractivity contribution in [2.45, 2.75) is 45.4 Å². The summed E-state index contributed by atoms with van der Waals surface area (Å²) in [6.45, 7) is 2.12. The number of rotatable bonds is 11. The predicted octanol–water partition coefficient (Wildman–Crippen LogP) is -2.51. The molecule has 0 aliphatic rings. The second kappa shape index (κ2) is 12.9. The molecule has 0 aromatic carbocycles. The molecule has 0 saturated carbocycles. The van der Waals surface area contributed by atoms with Gasteiger partial charge in [-0.2, -0.15) is 0 Å². The molecule has 0 bridgehead atoms. The number of aliphatic carboxylic acids is 2. The smallest absolute Gasteiger partial charge is 0.549 e. The first-order valence-electron chi connectivity index (χ1n) is 6.20. The Balaban J connectivity index is 0. The van der Waals surface area contributed by atoms with Gasteiger partial charge in [0.05, 0.1) is 12.5 Å². The van der Waals surface area contributed by atoms with Crippen LogP contribution in [-0.4, -0.2) is 41.6 Å². The summed E-state index contributed by atoms with van der Waals surface area (Å²) in [5.74, 6) is -2.23. The normalized spacial score (nSPS) is 10.1. The summed E-state index contributed by atoms with van der Waals surface area (Å²) in [5, 5.41) is 19.0. The van der Waals surface area contributed by atoms with Gasteiger partial charge in [0.25, 0.3) is 0 Å². The molecule has 0 aliphatic carbocycles. The molecule has 0 heterocycles. The van der Waals surface area contributed by atoms with Crippen LogP contribution < -0.4 is 24.0 Å². The van der Waals surface area contributed by atoms with Crippen LogP contribution in [0.4, 0.5) is 0 Å². The van der Waals surface area contributed by atoms with Gasteiger partial charge in [-0.05, 0) is 13.0 Å². The average Bonchev–Trinajstić information content (AvgIpc) is 2.21. The Hall–Kier alpha value is -0.503. The van der Waals surface area contributed by atoms with E-state index in [-0.39, 0.29) is 32.0 Å². The van der Waals surface area contributed by atoms with Crippen LogP contribution in [0.2, 0.25) is 0 Å². The summed E-state index contributed by atoms with van der Waals surface area (Å²) >= 11 is 0. The molecule has 0 amide bonds. The van der Waals surface area contributed by atoms with E-state index in [4.69, 9.17) is 5.11 Å². The van der Waals surface area contributed by atoms with E-state index >= 15 is 0 Å². The van der Waals surface area contributed by atoms with Crippen molar-refractivity contribution in [3.8, 4) is 0 Å². The number of hydrogen-bond donors (Lipinski definition) is 1. The topological polar surface area (TPSA) is 80.7 Å². The third kappa shape index (κ3) is 13.6. The van der Waals surface area contributed by atoms with Crippen LogP contribution in [0.3, 0.4) is 0 Å². The summed E-state index contributed by atoms with van der Waals surface area (Å²) in [6.07, 6.45) is 6.58. The summed E-state index contributed by atoms with van der Waals surface area (Å²) in [4.78, 5) is 22.3. The van der Waals surface area contributed by atoms with Crippen molar-refractivity contribution in [3.63, 3.8) is 0 Å². The van der Waals surface area contributed by atoms with E-state index in [1.165, 1.54) is 24.2 Å². The fourth-order valence-electron chi connectivity index (χ4n) is 1.70. The maximum atomic E-state index is 10.5. The molecule has 18 heavy (non-hydrogen) atoms. The maximum Gasteiger partial charge on any atom is 1.00 e. The fraction of sp³-hybridized carbons (Fsp3) is 0.833. The third-order valence-corrected chi connectivity index (χ3v) is 2.54. The Morgan fingerprint density at radius 2 is 1.61 bits per heavy atom. The Morgan fingerprint density at radius 3 is 2.11 bits per heavy atom. The Labute approximate surface area is 121 Å². The van der Waals surface area contributed by atoms with E-state index in [0.717, 1.165) is 19.3 Å². The molecule has 5 nitrogen and oxygen atoms in total. The molecule has 6 heteroatoms. The number of carboxylic acids is 2. The van der Waals surface area contributed by atoms with Crippen LogP contribution in [0.25, 0.3) is 0 Å². The van der Waals surface area contributed by atoms with E-state index < -0.39 is 11.9 Å². The standard InChI is InChI=1S/C12H23NO4.Li/c1-2-3-4-5-6-7-8-13(9-11(14)15)10-12(16)17;/h2-10H2,1H3,(H,14,15)(H,16,17);/q;+1/p-1. The van der Waals surface area contributed by atoms with Gasteiger partial charge < -0.3 is 15.0 Å². The van der Waals surface area contributed by atoms with Crippen LogP contribution in [-0.2, 0) is 9.59 Å². The van der Waals surface area contributed by atoms with Crippen molar-refractivity contribution in [2.75, 3.05) is 19.6 Å². The van der Waals surface area contributed by atoms with Crippen molar-refractivity contribution in [2.24, 2.45) is 0 Å². The summed E-state index contributed by atoms with van der Waals surface area (Å²) in [6, 6.07) is 0. The number of carbonyl (C=O) groups is 2. The van der Waals surface area contributed by atoms with Crippen LogP contribution in [0, 0.1) is 0 Å². The van der Waals surface area contributed by atoms with Crippen molar-refractivity contribution < 1.29 is 38.7 Å². The number of hydrogen-bond acceptors (Lipinski definition) is 4. The van der Waals surface area contributed by atoms with Crippen LogP contribution in [0.1, 0.15) is 45.4 Å². The van der Waals surface area contributed by atoms with E-state index in [2.05, 4.69) is 6.92 Å². The molecular formula is C12H22LiNO4. The first-order chi connectivity index (χ1) is 8.06. The SMILES string of the molecule is CCCCCCCCN(CC(=O)[O-])CC(=O)O.[Li+]. The molecule has 0 spiro atoms. The minimum Gasteiger partial charge on any atom is -0.549 e. The van der Waals surface area contributed by atoms with Crippen molar-refractivity contribution in [1.82, 2.24) is 4.90 Å². The van der Waals surface area contributed by atoms with Gasteiger partial charge in [-0.3, -0.25) is 9.69 Å². The summed E-state index contributed by atoms with van der Waals surface area (Å²) < 4.78 is 0. The average molecular weight is 251 g/mol. The minimum atomic E-state index is -1.22. The van der Waals surface area contributed by atoms with E-state index in [1.54, 1.807) is 0 Å². The third-order valence-electron chi connectivity index (χ3n) is 2.54. The van der Waals surface area contributed by atoms with Crippen LogP contribution in [0.15, 0.2) is 0 Å². The second-order valence-corrected chi connectivity index (χ2v) is 4.24. The fourth-order valence-corrected chi connectivity index (χ4v) is 1.70. The summed E-state index contributed by atoms with van der Waals surface area (Å²) in [5.41, 5.74) is 0. The number of carbonyl (C=O) groups excluding carboxylic acids is 1. The van der Waals surface area contributed by atoms with E-state index in [1.807, 2.05) is 0 Å². The summed E-state index contributed by atoms with van der Waals surface area (Å²) in [7, 11) is 0. The Bertz CT molecular complexity index is 220. The minimum absolute atomic E-state index is 0. The van der Waals surface area contributed by atoms with Gasteiger partial charge in [0.15, 0.2) is 0 Å². The van der Waals surface area contributed by atoms with Gasteiger partial charge in [-0.25, -0.2) is 0 Å². The van der Waals surface area contributed by atoms with Gasteiger partial charge in [-0.1, -0.05) is 39.0 Å².